The fraction of sp³-hybridized carbons (Fsp3) is 0.333. The molecule has 2 amide bonds. The molecule has 8 nitrogen and oxygen atoms in total. The quantitative estimate of drug-likeness (QED) is 0.357. The molecule has 0 aliphatic carbocycles. The lowest BCUT2D eigenvalue weighted by Crippen LogP contribution is -2.52. The molecule has 0 unspecified atom stereocenters. The Kier molecular flexibility index (Phi) is 10.1. The van der Waals surface area contributed by atoms with Gasteiger partial charge < -0.3 is 15.0 Å². The molecule has 0 heterocycles. The Labute approximate surface area is 231 Å². The van der Waals surface area contributed by atoms with Crippen LogP contribution in [0.3, 0.4) is 0 Å². The summed E-state index contributed by atoms with van der Waals surface area (Å²) in [6, 6.07) is 21.3. The minimum atomic E-state index is -4.08. The molecule has 0 fully saturated rings. The van der Waals surface area contributed by atoms with Crippen LogP contribution in [-0.2, 0) is 26.2 Å². The highest BCUT2D eigenvalue weighted by Crippen LogP contribution is 2.25. The average molecular weight is 552 g/mol. The lowest BCUT2D eigenvalue weighted by atomic mass is 10.1. The summed E-state index contributed by atoms with van der Waals surface area (Å²) in [7, 11) is -2.51. The molecule has 0 bridgehead atoms. The average Bonchev–Trinajstić information content (AvgIpc) is 2.94. The second-order valence-electron chi connectivity index (χ2n) is 9.52. The lowest BCUT2D eigenvalue weighted by molar-refractivity contribution is -0.139. The van der Waals surface area contributed by atoms with Crippen molar-refractivity contribution in [2.24, 2.45) is 0 Å². The number of benzene rings is 3. The smallest absolute Gasteiger partial charge is 0.264 e. The van der Waals surface area contributed by atoms with Gasteiger partial charge in [-0.1, -0.05) is 55.0 Å². The van der Waals surface area contributed by atoms with E-state index in [-0.39, 0.29) is 23.4 Å². The molecule has 9 heteroatoms. The third-order valence-electron chi connectivity index (χ3n) is 6.61. The molecule has 3 aromatic carbocycles. The van der Waals surface area contributed by atoms with Crippen LogP contribution >= 0.6 is 0 Å². The molecule has 0 radical (unpaired) electrons. The van der Waals surface area contributed by atoms with Crippen molar-refractivity contribution in [3.63, 3.8) is 0 Å². The summed E-state index contributed by atoms with van der Waals surface area (Å²) in [5.74, 6) is -0.144. The fourth-order valence-electron chi connectivity index (χ4n) is 3.94. The van der Waals surface area contributed by atoms with Crippen LogP contribution in [0.15, 0.2) is 83.8 Å². The maximum atomic E-state index is 13.9. The van der Waals surface area contributed by atoms with E-state index < -0.39 is 28.5 Å². The largest absolute Gasteiger partial charge is 0.497 e. The standard InChI is InChI=1S/C30H37N3O5S/c1-6-23(3)31-30(35)24(4)32(20-25-14-16-27(38-5)17-15-25)29(34)21-33(26-10-8-7-9-11-26)39(36,37)28-18-12-22(2)13-19-28/h7-19,23-24H,6,20-21H2,1-5H3,(H,31,35)/t23-,24-/m0/s1. The summed E-state index contributed by atoms with van der Waals surface area (Å²) < 4.78 is 33.9. The Balaban J connectivity index is 1.99. The Hall–Kier alpha value is -3.85. The van der Waals surface area contributed by atoms with E-state index in [4.69, 9.17) is 4.74 Å². The molecule has 0 aliphatic heterocycles. The highest BCUT2D eigenvalue weighted by Gasteiger charge is 2.32. The molecular formula is C30H37N3O5S. The van der Waals surface area contributed by atoms with E-state index in [1.54, 1.807) is 68.6 Å². The van der Waals surface area contributed by atoms with Crippen molar-refractivity contribution in [3.05, 3.63) is 90.0 Å². The van der Waals surface area contributed by atoms with E-state index >= 15 is 0 Å². The number of amides is 2. The zero-order valence-electron chi connectivity index (χ0n) is 23.1. The Bertz CT molecular complexity index is 1340. The predicted octanol–water partition coefficient (Wildman–Crippen LogP) is 4.53. The topological polar surface area (TPSA) is 96.0 Å². The maximum absolute atomic E-state index is 13.9. The second kappa shape index (κ2) is 13.3. The highest BCUT2D eigenvalue weighted by molar-refractivity contribution is 7.92. The molecule has 3 aromatic rings. The van der Waals surface area contributed by atoms with Gasteiger partial charge in [0, 0.05) is 12.6 Å². The molecule has 1 N–H and O–H groups in total. The number of nitrogens with one attached hydrogen (secondary N) is 1. The zero-order valence-corrected chi connectivity index (χ0v) is 23.9. The highest BCUT2D eigenvalue weighted by atomic mass is 32.2. The van der Waals surface area contributed by atoms with Gasteiger partial charge in [0.05, 0.1) is 17.7 Å². The Morgan fingerprint density at radius 1 is 0.923 bits per heavy atom. The van der Waals surface area contributed by atoms with Gasteiger partial charge in [-0.2, -0.15) is 0 Å². The molecule has 3 rings (SSSR count). The summed E-state index contributed by atoms with van der Waals surface area (Å²) in [6.07, 6.45) is 0.738. The summed E-state index contributed by atoms with van der Waals surface area (Å²) in [6.45, 7) is 7.02. The van der Waals surface area contributed by atoms with E-state index in [0.29, 0.717) is 11.4 Å². The van der Waals surface area contributed by atoms with Gasteiger partial charge in [-0.25, -0.2) is 8.42 Å². The van der Waals surface area contributed by atoms with Crippen molar-refractivity contribution in [3.8, 4) is 5.75 Å². The normalized spacial score (nSPS) is 12.7. The number of hydrogen-bond acceptors (Lipinski definition) is 5. The van der Waals surface area contributed by atoms with Crippen LogP contribution < -0.4 is 14.4 Å². The number of carbonyl (C=O) groups is 2. The monoisotopic (exact) mass is 551 g/mol. The fourth-order valence-corrected chi connectivity index (χ4v) is 5.35. The van der Waals surface area contributed by atoms with Crippen molar-refractivity contribution in [1.82, 2.24) is 10.2 Å². The van der Waals surface area contributed by atoms with Gasteiger partial charge in [-0.05, 0) is 69.2 Å². The second-order valence-corrected chi connectivity index (χ2v) is 11.4. The SMILES string of the molecule is CC[C@H](C)NC(=O)[C@H](C)N(Cc1ccc(OC)cc1)C(=O)CN(c1ccccc1)S(=O)(=O)c1ccc(C)cc1. The van der Waals surface area contributed by atoms with E-state index in [1.807, 2.05) is 32.9 Å². The number of nitrogens with zero attached hydrogens (tertiary/aromatic N) is 2. The molecule has 0 saturated heterocycles. The van der Waals surface area contributed by atoms with Gasteiger partial charge in [-0.3, -0.25) is 13.9 Å². The number of para-hydroxylation sites is 1. The summed E-state index contributed by atoms with van der Waals surface area (Å²) >= 11 is 0. The summed E-state index contributed by atoms with van der Waals surface area (Å²) in [4.78, 5) is 28.5. The zero-order chi connectivity index (χ0) is 28.6. The number of carbonyl (C=O) groups excluding carboxylic acids is 2. The van der Waals surface area contributed by atoms with Crippen molar-refractivity contribution in [1.29, 1.82) is 0 Å². The first kappa shape index (κ1) is 29.7. The van der Waals surface area contributed by atoms with E-state index in [1.165, 1.54) is 17.0 Å². The van der Waals surface area contributed by atoms with Crippen molar-refractivity contribution >= 4 is 27.5 Å². The lowest BCUT2D eigenvalue weighted by Gasteiger charge is -2.32. The van der Waals surface area contributed by atoms with Crippen LogP contribution in [0.5, 0.6) is 5.75 Å². The van der Waals surface area contributed by atoms with Crippen molar-refractivity contribution < 1.29 is 22.7 Å². The van der Waals surface area contributed by atoms with Crippen LogP contribution in [0.1, 0.15) is 38.3 Å². The van der Waals surface area contributed by atoms with Crippen LogP contribution in [-0.4, -0.2) is 50.9 Å². The molecule has 0 aliphatic rings. The first-order valence-corrected chi connectivity index (χ1v) is 14.4. The minimum Gasteiger partial charge on any atom is -0.497 e. The molecule has 208 valence electrons. The predicted molar refractivity (Wildman–Crippen MR) is 153 cm³/mol. The number of rotatable bonds is 12. The van der Waals surface area contributed by atoms with Gasteiger partial charge in [0.25, 0.3) is 10.0 Å². The van der Waals surface area contributed by atoms with E-state index in [0.717, 1.165) is 21.9 Å². The molecule has 2 atom stereocenters. The number of anilines is 1. The molecule has 0 aromatic heterocycles. The maximum Gasteiger partial charge on any atom is 0.264 e. The third kappa shape index (κ3) is 7.60. The third-order valence-corrected chi connectivity index (χ3v) is 8.40. The van der Waals surface area contributed by atoms with Crippen LogP contribution in [0.25, 0.3) is 0 Å². The van der Waals surface area contributed by atoms with E-state index in [9.17, 15) is 18.0 Å². The number of ether oxygens (including phenoxy) is 1. The number of hydrogen-bond donors (Lipinski definition) is 1. The van der Waals surface area contributed by atoms with Gasteiger partial charge in [0.15, 0.2) is 0 Å². The molecule has 39 heavy (non-hydrogen) atoms. The Morgan fingerprint density at radius 3 is 2.10 bits per heavy atom. The van der Waals surface area contributed by atoms with Crippen LogP contribution in [0, 0.1) is 6.92 Å². The van der Waals surface area contributed by atoms with Gasteiger partial charge in [0.2, 0.25) is 11.8 Å². The van der Waals surface area contributed by atoms with Gasteiger partial charge >= 0.3 is 0 Å². The molecule has 0 spiro atoms. The minimum absolute atomic E-state index is 0.0689. The number of methoxy groups -OCH3 is 1. The summed E-state index contributed by atoms with van der Waals surface area (Å²) in [5, 5.41) is 2.93. The molecular weight excluding hydrogens is 514 g/mol. The Morgan fingerprint density at radius 2 is 1.54 bits per heavy atom. The summed E-state index contributed by atoms with van der Waals surface area (Å²) in [5.41, 5.74) is 2.05. The van der Waals surface area contributed by atoms with Gasteiger partial charge in [-0.15, -0.1) is 0 Å². The molecule has 0 saturated carbocycles. The van der Waals surface area contributed by atoms with Gasteiger partial charge in [0.1, 0.15) is 18.3 Å². The number of sulfonamides is 1. The van der Waals surface area contributed by atoms with Crippen molar-refractivity contribution in [2.75, 3.05) is 18.0 Å². The first-order valence-electron chi connectivity index (χ1n) is 12.9. The first-order chi connectivity index (χ1) is 18.6. The van der Waals surface area contributed by atoms with E-state index in [2.05, 4.69) is 5.32 Å². The van der Waals surface area contributed by atoms with Crippen LogP contribution in [0.2, 0.25) is 0 Å². The van der Waals surface area contributed by atoms with Crippen LogP contribution in [0.4, 0.5) is 5.69 Å². The number of aryl methyl sites for hydroxylation is 1. The van der Waals surface area contributed by atoms with Crippen molar-refractivity contribution in [2.45, 2.75) is 57.6 Å².